The smallest absolute Gasteiger partial charge is 0.314 e. The molecule has 2 aromatic rings. The number of furan rings is 1. The number of carbonyl (C=O) groups is 2. The molecule has 0 amide bonds. The lowest BCUT2D eigenvalue weighted by Gasteiger charge is -2.19. The fraction of sp³-hybridized carbons (Fsp3) is 0.231. The van der Waals surface area contributed by atoms with Gasteiger partial charge in [0.2, 0.25) is 0 Å². The van der Waals surface area contributed by atoms with Gasteiger partial charge in [0.15, 0.2) is 0 Å². The number of carbonyl (C=O) groups excluding carboxylic acids is 2. The van der Waals surface area contributed by atoms with Gasteiger partial charge in [-0.2, -0.15) is 0 Å². The molecule has 0 bridgehead atoms. The normalized spacial score (nSPS) is 17.4. The van der Waals surface area contributed by atoms with Crippen LogP contribution < -0.4 is 0 Å². The summed E-state index contributed by atoms with van der Waals surface area (Å²) in [5, 5.41) is 0.980. The second-order valence-electron chi connectivity index (χ2n) is 4.17. The van der Waals surface area contributed by atoms with Crippen LogP contribution in [-0.2, 0) is 14.3 Å². The highest BCUT2D eigenvalue weighted by molar-refractivity contribution is 5.89. The standard InChI is InChI=1S/C13H10O4/c14-12-6-10(7-13(15)17-12)8-1-2-11-9(5-8)3-4-16-11/h1-5,10H,6-7H2. The highest BCUT2D eigenvalue weighted by atomic mass is 16.6. The molecule has 2 heterocycles. The Labute approximate surface area is 97.2 Å². The lowest BCUT2D eigenvalue weighted by molar-refractivity contribution is -0.163. The number of ether oxygens (including phenoxy) is 1. The first kappa shape index (κ1) is 10.1. The maximum absolute atomic E-state index is 11.2. The Kier molecular flexibility index (Phi) is 2.21. The van der Waals surface area contributed by atoms with Crippen LogP contribution in [0.25, 0.3) is 11.0 Å². The fourth-order valence-electron chi connectivity index (χ4n) is 2.16. The van der Waals surface area contributed by atoms with E-state index in [1.54, 1.807) is 6.26 Å². The van der Waals surface area contributed by atoms with Crippen LogP contribution in [0, 0.1) is 0 Å². The molecule has 0 unspecified atom stereocenters. The lowest BCUT2D eigenvalue weighted by Crippen LogP contribution is -2.24. The molecule has 1 aliphatic heterocycles. The van der Waals surface area contributed by atoms with Crippen LogP contribution in [0.4, 0.5) is 0 Å². The van der Waals surface area contributed by atoms with Gasteiger partial charge in [-0.25, -0.2) is 0 Å². The van der Waals surface area contributed by atoms with E-state index in [1.165, 1.54) is 0 Å². The molecule has 0 atom stereocenters. The molecular weight excluding hydrogens is 220 g/mol. The van der Waals surface area contributed by atoms with E-state index >= 15 is 0 Å². The van der Waals surface area contributed by atoms with E-state index in [2.05, 4.69) is 4.74 Å². The first-order chi connectivity index (χ1) is 8.22. The van der Waals surface area contributed by atoms with Crippen molar-refractivity contribution in [3.8, 4) is 0 Å². The van der Waals surface area contributed by atoms with Crippen LogP contribution in [0.15, 0.2) is 34.9 Å². The molecule has 1 fully saturated rings. The molecule has 1 saturated heterocycles. The SMILES string of the molecule is O=C1CC(c2ccc3occc3c2)CC(=O)O1. The van der Waals surface area contributed by atoms with Crippen LogP contribution in [-0.4, -0.2) is 11.9 Å². The number of esters is 2. The van der Waals surface area contributed by atoms with Gasteiger partial charge in [-0.3, -0.25) is 9.59 Å². The Bertz CT molecular complexity index is 580. The van der Waals surface area contributed by atoms with Gasteiger partial charge in [-0.1, -0.05) is 6.07 Å². The molecular formula is C13H10O4. The molecule has 0 aliphatic carbocycles. The predicted octanol–water partition coefficient (Wildman–Crippen LogP) is 2.38. The lowest BCUT2D eigenvalue weighted by atomic mass is 9.90. The molecule has 0 radical (unpaired) electrons. The Hall–Kier alpha value is -2.10. The summed E-state index contributed by atoms with van der Waals surface area (Å²) in [6.07, 6.45) is 2.14. The highest BCUT2D eigenvalue weighted by Gasteiger charge is 2.28. The number of rotatable bonds is 1. The largest absolute Gasteiger partial charge is 0.464 e. The van der Waals surface area contributed by atoms with Crippen molar-refractivity contribution < 1.29 is 18.7 Å². The topological polar surface area (TPSA) is 56.5 Å². The molecule has 4 nitrogen and oxygen atoms in total. The van der Waals surface area contributed by atoms with Gasteiger partial charge in [0.05, 0.1) is 19.1 Å². The Balaban J connectivity index is 1.96. The molecule has 0 spiro atoms. The van der Waals surface area contributed by atoms with Gasteiger partial charge < -0.3 is 9.15 Å². The molecule has 1 aromatic heterocycles. The second kappa shape index (κ2) is 3.73. The first-order valence-electron chi connectivity index (χ1n) is 5.43. The minimum absolute atomic E-state index is 0.0805. The van der Waals surface area contributed by atoms with Crippen LogP contribution in [0.3, 0.4) is 0 Å². The highest BCUT2D eigenvalue weighted by Crippen LogP contribution is 2.30. The number of fused-ring (bicyclic) bond motifs is 1. The van der Waals surface area contributed by atoms with Crippen molar-refractivity contribution in [2.75, 3.05) is 0 Å². The van der Waals surface area contributed by atoms with Gasteiger partial charge in [-0.15, -0.1) is 0 Å². The molecule has 0 N–H and O–H groups in total. The van der Waals surface area contributed by atoms with Crippen molar-refractivity contribution in [3.63, 3.8) is 0 Å². The van der Waals surface area contributed by atoms with Crippen LogP contribution >= 0.6 is 0 Å². The Morgan fingerprint density at radius 2 is 1.82 bits per heavy atom. The molecule has 1 aliphatic rings. The molecule has 3 rings (SSSR count). The Morgan fingerprint density at radius 3 is 2.59 bits per heavy atom. The van der Waals surface area contributed by atoms with Crippen molar-refractivity contribution >= 4 is 22.9 Å². The zero-order valence-corrected chi connectivity index (χ0v) is 9.01. The van der Waals surface area contributed by atoms with Crippen molar-refractivity contribution in [2.24, 2.45) is 0 Å². The van der Waals surface area contributed by atoms with E-state index in [-0.39, 0.29) is 18.8 Å². The number of cyclic esters (lactones) is 2. The fourth-order valence-corrected chi connectivity index (χ4v) is 2.16. The van der Waals surface area contributed by atoms with Crippen molar-refractivity contribution in [1.29, 1.82) is 0 Å². The summed E-state index contributed by atoms with van der Waals surface area (Å²) in [6, 6.07) is 7.56. The van der Waals surface area contributed by atoms with Crippen molar-refractivity contribution in [1.82, 2.24) is 0 Å². The van der Waals surface area contributed by atoms with E-state index in [4.69, 9.17) is 4.42 Å². The molecule has 0 saturated carbocycles. The molecule has 17 heavy (non-hydrogen) atoms. The quantitative estimate of drug-likeness (QED) is 0.557. The summed E-state index contributed by atoms with van der Waals surface area (Å²) < 4.78 is 9.76. The van der Waals surface area contributed by atoms with E-state index in [1.807, 2.05) is 24.3 Å². The van der Waals surface area contributed by atoms with E-state index in [0.717, 1.165) is 16.5 Å². The third-order valence-corrected chi connectivity index (χ3v) is 3.00. The summed E-state index contributed by atoms with van der Waals surface area (Å²) >= 11 is 0. The van der Waals surface area contributed by atoms with E-state index in [0.29, 0.717) is 0 Å². The van der Waals surface area contributed by atoms with Gasteiger partial charge in [-0.05, 0) is 23.8 Å². The average molecular weight is 230 g/mol. The molecule has 86 valence electrons. The van der Waals surface area contributed by atoms with Gasteiger partial charge in [0.1, 0.15) is 5.58 Å². The number of hydrogen-bond donors (Lipinski definition) is 0. The summed E-state index contributed by atoms with van der Waals surface area (Å²) in [6.45, 7) is 0. The number of benzene rings is 1. The maximum Gasteiger partial charge on any atom is 0.314 e. The van der Waals surface area contributed by atoms with Gasteiger partial charge in [0.25, 0.3) is 0 Å². The summed E-state index contributed by atoms with van der Waals surface area (Å²) in [5.74, 6) is -0.972. The van der Waals surface area contributed by atoms with Crippen molar-refractivity contribution in [3.05, 3.63) is 36.1 Å². The zero-order chi connectivity index (χ0) is 11.8. The van der Waals surface area contributed by atoms with Gasteiger partial charge in [0, 0.05) is 11.3 Å². The molecule has 1 aromatic carbocycles. The van der Waals surface area contributed by atoms with E-state index in [9.17, 15) is 9.59 Å². The van der Waals surface area contributed by atoms with Crippen LogP contribution in [0.1, 0.15) is 24.3 Å². The summed E-state index contributed by atoms with van der Waals surface area (Å²) in [7, 11) is 0. The third kappa shape index (κ3) is 1.82. The predicted molar refractivity (Wildman–Crippen MR) is 59.3 cm³/mol. The zero-order valence-electron chi connectivity index (χ0n) is 9.01. The average Bonchev–Trinajstić information content (AvgIpc) is 2.74. The third-order valence-electron chi connectivity index (χ3n) is 3.00. The monoisotopic (exact) mass is 230 g/mol. The minimum atomic E-state index is -0.446. The molecule has 4 heteroatoms. The maximum atomic E-state index is 11.2. The van der Waals surface area contributed by atoms with Gasteiger partial charge >= 0.3 is 11.9 Å². The van der Waals surface area contributed by atoms with Crippen LogP contribution in [0.5, 0.6) is 0 Å². The summed E-state index contributed by atoms with van der Waals surface area (Å²) in [5.41, 5.74) is 1.78. The first-order valence-corrected chi connectivity index (χ1v) is 5.43. The Morgan fingerprint density at radius 1 is 1.06 bits per heavy atom. The summed E-state index contributed by atoms with van der Waals surface area (Å²) in [4.78, 5) is 22.4. The van der Waals surface area contributed by atoms with Crippen LogP contribution in [0.2, 0.25) is 0 Å². The minimum Gasteiger partial charge on any atom is -0.464 e. The second-order valence-corrected chi connectivity index (χ2v) is 4.17. The van der Waals surface area contributed by atoms with Crippen molar-refractivity contribution in [2.45, 2.75) is 18.8 Å². The van der Waals surface area contributed by atoms with E-state index < -0.39 is 11.9 Å². The number of hydrogen-bond acceptors (Lipinski definition) is 4.